The normalized spacial score (nSPS) is 12.8. The molecule has 3 aromatic rings. The van der Waals surface area contributed by atoms with Gasteiger partial charge >= 0.3 is 12.5 Å². The van der Waals surface area contributed by atoms with Crippen LogP contribution in [0.25, 0.3) is 4.85 Å². The van der Waals surface area contributed by atoms with E-state index in [0.29, 0.717) is 21.5 Å². The zero-order valence-electron chi connectivity index (χ0n) is 19.0. The number of para-hydroxylation sites is 1. The van der Waals surface area contributed by atoms with E-state index in [4.69, 9.17) is 16.0 Å². The van der Waals surface area contributed by atoms with Gasteiger partial charge in [-0.1, -0.05) is 31.2 Å². The number of nitrogens with zero attached hydrogens (tertiary/aromatic N) is 5. The molecule has 2 atom stereocenters. The molecule has 0 fully saturated rings. The number of carbonyl (C=O) groups is 1. The molecule has 3 rings (SSSR count). The molecule has 178 valence electrons. The Morgan fingerprint density at radius 2 is 2.00 bits per heavy atom. The molecule has 0 radical (unpaired) electrons. The number of halogens is 2. The molecule has 9 nitrogen and oxygen atoms in total. The summed E-state index contributed by atoms with van der Waals surface area (Å²) in [5, 5.41) is 3.74. The molecular formula is C23H23F2N5O4. The van der Waals surface area contributed by atoms with Gasteiger partial charge in [-0.25, -0.2) is 19.3 Å². The minimum Gasteiger partial charge on any atom is -0.489 e. The average molecular weight is 471 g/mol. The van der Waals surface area contributed by atoms with Crippen LogP contribution < -0.4 is 10.3 Å². The SMILES string of the molecule is [C-]#[N+]c1ccccc1C(c1cnn(C(F)F)c1)C(C)c1nc(C(=O)OCC)c(OC)c(=O)n1C. The lowest BCUT2D eigenvalue weighted by molar-refractivity contribution is 0.0513. The summed E-state index contributed by atoms with van der Waals surface area (Å²) in [5.41, 5.74) is 0.360. The number of ether oxygens (including phenoxy) is 2. The van der Waals surface area contributed by atoms with Crippen molar-refractivity contribution in [1.82, 2.24) is 19.3 Å². The van der Waals surface area contributed by atoms with Crippen molar-refractivity contribution in [2.24, 2.45) is 7.05 Å². The van der Waals surface area contributed by atoms with E-state index >= 15 is 0 Å². The van der Waals surface area contributed by atoms with Crippen LogP contribution in [0.1, 0.15) is 59.7 Å². The molecule has 1 aromatic carbocycles. The van der Waals surface area contributed by atoms with Crippen molar-refractivity contribution in [3.8, 4) is 5.75 Å². The molecule has 0 saturated carbocycles. The smallest absolute Gasteiger partial charge is 0.361 e. The standard InChI is InChI=1S/C23H23F2N5O4/c1-6-34-22(32)18-19(33-5)21(31)29(4)20(28-18)13(2)17(14-11-27-30(12-14)23(24)25)15-9-7-8-10-16(15)26-3/h7-13,17,23H,6H2,1-2,4-5H3. The van der Waals surface area contributed by atoms with Gasteiger partial charge in [0.05, 0.1) is 26.5 Å². The first kappa shape index (κ1) is 24.6. The van der Waals surface area contributed by atoms with E-state index in [0.717, 1.165) is 0 Å². The van der Waals surface area contributed by atoms with Crippen LogP contribution in [0, 0.1) is 6.57 Å². The predicted octanol–water partition coefficient (Wildman–Crippen LogP) is 4.04. The second-order valence-electron chi connectivity index (χ2n) is 7.40. The van der Waals surface area contributed by atoms with E-state index < -0.39 is 29.9 Å². The summed E-state index contributed by atoms with van der Waals surface area (Å²) < 4.78 is 38.4. The molecule has 0 saturated heterocycles. The van der Waals surface area contributed by atoms with Gasteiger partial charge in [-0.2, -0.15) is 13.9 Å². The van der Waals surface area contributed by atoms with Crippen LogP contribution >= 0.6 is 0 Å². The van der Waals surface area contributed by atoms with Gasteiger partial charge in [-0.15, -0.1) is 0 Å². The summed E-state index contributed by atoms with van der Waals surface area (Å²) in [5.74, 6) is -2.23. The quantitative estimate of drug-likeness (QED) is 0.364. The molecule has 0 N–H and O–H groups in total. The number of carbonyl (C=O) groups excluding carboxylic acids is 1. The number of hydrogen-bond acceptors (Lipinski definition) is 6. The van der Waals surface area contributed by atoms with Gasteiger partial charge in [0.15, 0.2) is 11.4 Å². The summed E-state index contributed by atoms with van der Waals surface area (Å²) in [6.45, 7) is 8.13. The van der Waals surface area contributed by atoms with Crippen LogP contribution in [0.4, 0.5) is 14.5 Å². The Bertz CT molecular complexity index is 1300. The van der Waals surface area contributed by atoms with Crippen molar-refractivity contribution >= 4 is 11.7 Å². The van der Waals surface area contributed by atoms with Gasteiger partial charge in [0, 0.05) is 25.1 Å². The summed E-state index contributed by atoms with van der Waals surface area (Å²) in [6.07, 6.45) is 2.49. The van der Waals surface area contributed by atoms with Crippen LogP contribution in [-0.2, 0) is 11.8 Å². The van der Waals surface area contributed by atoms with E-state index in [9.17, 15) is 18.4 Å². The first-order valence-electron chi connectivity index (χ1n) is 10.4. The number of hydrogen-bond donors (Lipinski definition) is 0. The summed E-state index contributed by atoms with van der Waals surface area (Å²) in [7, 11) is 2.72. The van der Waals surface area contributed by atoms with E-state index in [1.165, 1.54) is 31.1 Å². The molecule has 34 heavy (non-hydrogen) atoms. The highest BCUT2D eigenvalue weighted by Crippen LogP contribution is 2.41. The Morgan fingerprint density at radius 1 is 1.29 bits per heavy atom. The van der Waals surface area contributed by atoms with Gasteiger partial charge in [-0.3, -0.25) is 9.36 Å². The third kappa shape index (κ3) is 4.52. The minimum atomic E-state index is -2.85. The van der Waals surface area contributed by atoms with Gasteiger partial charge < -0.3 is 9.47 Å². The van der Waals surface area contributed by atoms with Crippen LogP contribution in [0.15, 0.2) is 41.5 Å². The second-order valence-corrected chi connectivity index (χ2v) is 7.40. The van der Waals surface area contributed by atoms with Crippen molar-refractivity contribution in [2.75, 3.05) is 13.7 Å². The van der Waals surface area contributed by atoms with Gasteiger partial charge in [-0.05, 0) is 18.1 Å². The molecule has 0 aliphatic rings. The first-order valence-corrected chi connectivity index (χ1v) is 10.4. The largest absolute Gasteiger partial charge is 0.489 e. The molecule has 0 aliphatic heterocycles. The van der Waals surface area contributed by atoms with Gasteiger partial charge in [0.2, 0.25) is 5.75 Å². The summed E-state index contributed by atoms with van der Waals surface area (Å²) >= 11 is 0. The Labute approximate surface area is 194 Å². The van der Waals surface area contributed by atoms with Crippen molar-refractivity contribution in [1.29, 1.82) is 0 Å². The number of benzene rings is 1. The molecule has 2 unspecified atom stereocenters. The molecule has 0 aliphatic carbocycles. The zero-order chi connectivity index (χ0) is 25.0. The topological polar surface area (TPSA) is 92.6 Å². The molecule has 0 amide bonds. The van der Waals surface area contributed by atoms with Crippen LogP contribution in [0.5, 0.6) is 5.75 Å². The maximum atomic E-state index is 13.3. The van der Waals surface area contributed by atoms with Crippen LogP contribution in [-0.4, -0.2) is 39.0 Å². The summed E-state index contributed by atoms with van der Waals surface area (Å²) in [4.78, 5) is 33.5. The molecule has 11 heteroatoms. The number of esters is 1. The number of methoxy groups -OCH3 is 1. The van der Waals surface area contributed by atoms with Gasteiger partial charge in [0.1, 0.15) is 5.82 Å². The number of aromatic nitrogens is 4. The maximum absolute atomic E-state index is 13.3. The summed E-state index contributed by atoms with van der Waals surface area (Å²) in [6, 6.07) is 6.75. The van der Waals surface area contributed by atoms with Crippen LogP contribution in [0.3, 0.4) is 0 Å². The molecule has 0 bridgehead atoms. The fraction of sp³-hybridized carbons (Fsp3) is 0.348. The molecule has 2 heterocycles. The van der Waals surface area contributed by atoms with E-state index in [1.54, 1.807) is 38.1 Å². The zero-order valence-corrected chi connectivity index (χ0v) is 19.0. The first-order chi connectivity index (χ1) is 16.2. The molecule has 2 aromatic heterocycles. The highest BCUT2D eigenvalue weighted by Gasteiger charge is 2.32. The monoisotopic (exact) mass is 471 g/mol. The maximum Gasteiger partial charge on any atom is 0.361 e. The lowest BCUT2D eigenvalue weighted by atomic mass is 9.81. The van der Waals surface area contributed by atoms with E-state index in [-0.39, 0.29) is 23.9 Å². The van der Waals surface area contributed by atoms with E-state index in [2.05, 4.69) is 14.9 Å². The molecular weight excluding hydrogens is 448 g/mol. The predicted molar refractivity (Wildman–Crippen MR) is 118 cm³/mol. The Hall–Kier alpha value is -4.07. The average Bonchev–Trinajstić information content (AvgIpc) is 3.31. The fourth-order valence-corrected chi connectivity index (χ4v) is 3.89. The van der Waals surface area contributed by atoms with Gasteiger partial charge in [0.25, 0.3) is 5.56 Å². The minimum absolute atomic E-state index is 0.0670. The number of alkyl halides is 2. The highest BCUT2D eigenvalue weighted by atomic mass is 19.3. The highest BCUT2D eigenvalue weighted by molar-refractivity contribution is 5.90. The molecule has 0 spiro atoms. The fourth-order valence-electron chi connectivity index (χ4n) is 3.89. The van der Waals surface area contributed by atoms with Crippen LogP contribution in [0.2, 0.25) is 0 Å². The number of rotatable bonds is 8. The third-order valence-corrected chi connectivity index (χ3v) is 5.44. The second kappa shape index (κ2) is 10.2. The lowest BCUT2D eigenvalue weighted by Crippen LogP contribution is -2.30. The van der Waals surface area contributed by atoms with Crippen molar-refractivity contribution in [3.05, 3.63) is 81.1 Å². The van der Waals surface area contributed by atoms with Crippen molar-refractivity contribution in [3.63, 3.8) is 0 Å². The van der Waals surface area contributed by atoms with Crippen molar-refractivity contribution in [2.45, 2.75) is 32.2 Å². The third-order valence-electron chi connectivity index (χ3n) is 5.44. The van der Waals surface area contributed by atoms with Crippen molar-refractivity contribution < 1.29 is 23.0 Å². The Kier molecular flexibility index (Phi) is 7.40. The Morgan fingerprint density at radius 3 is 2.59 bits per heavy atom. The van der Waals surface area contributed by atoms with E-state index in [1.807, 2.05) is 0 Å². The lowest BCUT2D eigenvalue weighted by Gasteiger charge is -2.26. The Balaban J connectivity index is 2.26.